The van der Waals surface area contributed by atoms with Crippen molar-refractivity contribution in [3.8, 4) is 0 Å². The van der Waals surface area contributed by atoms with E-state index in [4.69, 9.17) is 0 Å². The van der Waals surface area contributed by atoms with Crippen molar-refractivity contribution in [1.82, 2.24) is 10.6 Å². The minimum atomic E-state index is -0.163. The van der Waals surface area contributed by atoms with E-state index in [-0.39, 0.29) is 18.4 Å². The summed E-state index contributed by atoms with van der Waals surface area (Å²) < 4.78 is 0. The van der Waals surface area contributed by atoms with Gasteiger partial charge in [-0.2, -0.15) is 0 Å². The van der Waals surface area contributed by atoms with Crippen molar-refractivity contribution >= 4 is 17.5 Å². The Morgan fingerprint density at radius 2 is 2.00 bits per heavy atom. The van der Waals surface area contributed by atoms with Gasteiger partial charge in [0.15, 0.2) is 0 Å². The van der Waals surface area contributed by atoms with Crippen LogP contribution in [-0.2, 0) is 4.79 Å². The van der Waals surface area contributed by atoms with Gasteiger partial charge in [0, 0.05) is 6.04 Å². The standard InChI is InChI=1S/C13H17N3O2/c1-14-8-12(17)16-11-5-3-2-4-10(11)13(18)15-9-6-7-9/h2-5,9,14H,6-8H2,1H3,(H,15,18)(H,16,17). The molecule has 0 aliphatic heterocycles. The molecule has 2 rings (SSSR count). The summed E-state index contributed by atoms with van der Waals surface area (Å²) >= 11 is 0. The van der Waals surface area contributed by atoms with E-state index < -0.39 is 0 Å². The molecule has 3 N–H and O–H groups in total. The fraction of sp³-hybridized carbons (Fsp3) is 0.385. The summed E-state index contributed by atoms with van der Waals surface area (Å²) in [6.45, 7) is 0.221. The van der Waals surface area contributed by atoms with Gasteiger partial charge >= 0.3 is 0 Å². The van der Waals surface area contributed by atoms with Crippen LogP contribution in [0.4, 0.5) is 5.69 Å². The largest absolute Gasteiger partial charge is 0.349 e. The van der Waals surface area contributed by atoms with Crippen LogP contribution < -0.4 is 16.0 Å². The van der Waals surface area contributed by atoms with Crippen LogP contribution in [-0.4, -0.2) is 31.4 Å². The molecular weight excluding hydrogens is 230 g/mol. The van der Waals surface area contributed by atoms with Gasteiger partial charge < -0.3 is 16.0 Å². The molecule has 1 aliphatic carbocycles. The van der Waals surface area contributed by atoms with Gasteiger partial charge in [-0.05, 0) is 32.0 Å². The molecule has 0 saturated heterocycles. The van der Waals surface area contributed by atoms with Gasteiger partial charge in [0.25, 0.3) is 5.91 Å². The third-order valence-corrected chi connectivity index (χ3v) is 2.70. The van der Waals surface area contributed by atoms with Gasteiger partial charge in [0.1, 0.15) is 0 Å². The lowest BCUT2D eigenvalue weighted by molar-refractivity contribution is -0.115. The second-order valence-electron chi connectivity index (χ2n) is 4.37. The average molecular weight is 247 g/mol. The number of nitrogens with one attached hydrogen (secondary N) is 3. The van der Waals surface area contributed by atoms with Gasteiger partial charge in [-0.3, -0.25) is 9.59 Å². The normalized spacial score (nSPS) is 14.1. The van der Waals surface area contributed by atoms with Crippen LogP contribution in [0.3, 0.4) is 0 Å². The molecule has 1 fully saturated rings. The van der Waals surface area contributed by atoms with E-state index in [1.165, 1.54) is 0 Å². The molecule has 1 aromatic rings. The van der Waals surface area contributed by atoms with E-state index >= 15 is 0 Å². The van der Waals surface area contributed by atoms with Gasteiger partial charge in [0.2, 0.25) is 5.91 Å². The summed E-state index contributed by atoms with van der Waals surface area (Å²) in [5, 5.41) is 8.40. The van der Waals surface area contributed by atoms with Crippen molar-refractivity contribution in [2.45, 2.75) is 18.9 Å². The summed E-state index contributed by atoms with van der Waals surface area (Å²) in [5.41, 5.74) is 1.06. The Morgan fingerprint density at radius 3 is 2.67 bits per heavy atom. The van der Waals surface area contributed by atoms with Crippen molar-refractivity contribution in [2.75, 3.05) is 18.9 Å². The molecule has 1 aliphatic rings. The third kappa shape index (κ3) is 3.30. The summed E-state index contributed by atoms with van der Waals surface area (Å²) in [5.74, 6) is -0.290. The number of hydrogen-bond acceptors (Lipinski definition) is 3. The molecule has 0 bridgehead atoms. The lowest BCUT2D eigenvalue weighted by Gasteiger charge is -2.10. The number of carbonyl (C=O) groups excluding carboxylic acids is 2. The van der Waals surface area contributed by atoms with E-state index in [0.717, 1.165) is 12.8 Å². The van der Waals surface area contributed by atoms with Gasteiger partial charge in [0.05, 0.1) is 17.8 Å². The van der Waals surface area contributed by atoms with Crippen LogP contribution >= 0.6 is 0 Å². The number of para-hydroxylation sites is 1. The molecule has 1 aromatic carbocycles. The van der Waals surface area contributed by atoms with E-state index in [2.05, 4.69) is 16.0 Å². The summed E-state index contributed by atoms with van der Waals surface area (Å²) in [6, 6.07) is 7.33. The Labute approximate surface area is 106 Å². The number of anilines is 1. The second-order valence-corrected chi connectivity index (χ2v) is 4.37. The quantitative estimate of drug-likeness (QED) is 0.718. The zero-order valence-electron chi connectivity index (χ0n) is 10.3. The molecule has 0 aromatic heterocycles. The summed E-state index contributed by atoms with van der Waals surface area (Å²) in [7, 11) is 1.70. The van der Waals surface area contributed by atoms with E-state index in [1.54, 1.807) is 31.3 Å². The van der Waals surface area contributed by atoms with E-state index in [9.17, 15) is 9.59 Å². The van der Waals surface area contributed by atoms with Gasteiger partial charge in [-0.15, -0.1) is 0 Å². The first-order chi connectivity index (χ1) is 8.70. The molecule has 0 atom stereocenters. The Hall–Kier alpha value is -1.88. The maximum Gasteiger partial charge on any atom is 0.253 e. The average Bonchev–Trinajstić information content (AvgIpc) is 3.14. The predicted molar refractivity (Wildman–Crippen MR) is 69.5 cm³/mol. The summed E-state index contributed by atoms with van der Waals surface area (Å²) in [6.07, 6.45) is 2.08. The zero-order chi connectivity index (χ0) is 13.0. The second kappa shape index (κ2) is 5.64. The fourth-order valence-electron chi connectivity index (χ4n) is 1.64. The monoisotopic (exact) mass is 247 g/mol. The minimum absolute atomic E-state index is 0.127. The van der Waals surface area contributed by atoms with Crippen molar-refractivity contribution in [3.63, 3.8) is 0 Å². The number of benzene rings is 1. The Balaban J connectivity index is 2.08. The molecule has 5 heteroatoms. The molecule has 2 amide bonds. The van der Waals surface area contributed by atoms with Crippen LogP contribution in [0.15, 0.2) is 24.3 Å². The smallest absolute Gasteiger partial charge is 0.253 e. The predicted octanol–water partition coefficient (Wildman–Crippen LogP) is 0.737. The minimum Gasteiger partial charge on any atom is -0.349 e. The lowest BCUT2D eigenvalue weighted by Crippen LogP contribution is -2.29. The highest BCUT2D eigenvalue weighted by Gasteiger charge is 2.24. The zero-order valence-corrected chi connectivity index (χ0v) is 10.3. The first kappa shape index (κ1) is 12.6. The molecule has 1 saturated carbocycles. The van der Waals surface area contributed by atoms with Crippen LogP contribution in [0.2, 0.25) is 0 Å². The van der Waals surface area contributed by atoms with Crippen molar-refractivity contribution in [3.05, 3.63) is 29.8 Å². The van der Waals surface area contributed by atoms with Crippen LogP contribution in [0.5, 0.6) is 0 Å². The number of carbonyl (C=O) groups is 2. The maximum absolute atomic E-state index is 12.0. The number of hydrogen-bond donors (Lipinski definition) is 3. The van der Waals surface area contributed by atoms with Gasteiger partial charge in [-0.1, -0.05) is 12.1 Å². The fourth-order valence-corrected chi connectivity index (χ4v) is 1.64. The molecule has 0 heterocycles. The number of rotatable bonds is 5. The molecular formula is C13H17N3O2. The molecule has 0 radical (unpaired) electrons. The molecule has 0 unspecified atom stereocenters. The van der Waals surface area contributed by atoms with Crippen LogP contribution in [0.1, 0.15) is 23.2 Å². The summed E-state index contributed by atoms with van der Waals surface area (Å²) in [4.78, 5) is 23.5. The van der Waals surface area contributed by atoms with Gasteiger partial charge in [-0.25, -0.2) is 0 Å². The molecule has 0 spiro atoms. The Kier molecular flexibility index (Phi) is 3.94. The highest BCUT2D eigenvalue weighted by molar-refractivity contribution is 6.04. The highest BCUT2D eigenvalue weighted by atomic mass is 16.2. The molecule has 18 heavy (non-hydrogen) atoms. The Morgan fingerprint density at radius 1 is 1.28 bits per heavy atom. The molecule has 5 nitrogen and oxygen atoms in total. The van der Waals surface area contributed by atoms with Crippen LogP contribution in [0, 0.1) is 0 Å². The number of amides is 2. The first-order valence-corrected chi connectivity index (χ1v) is 6.05. The number of likely N-dealkylation sites (N-methyl/N-ethyl adjacent to an activating group) is 1. The Bertz CT molecular complexity index is 455. The highest BCUT2D eigenvalue weighted by Crippen LogP contribution is 2.21. The van der Waals surface area contributed by atoms with Crippen LogP contribution in [0.25, 0.3) is 0 Å². The van der Waals surface area contributed by atoms with Crippen molar-refractivity contribution in [1.29, 1.82) is 0 Å². The topological polar surface area (TPSA) is 70.2 Å². The first-order valence-electron chi connectivity index (χ1n) is 6.05. The molecule has 96 valence electrons. The SMILES string of the molecule is CNCC(=O)Nc1ccccc1C(=O)NC1CC1. The lowest BCUT2D eigenvalue weighted by atomic mass is 10.1. The third-order valence-electron chi connectivity index (χ3n) is 2.70. The van der Waals surface area contributed by atoms with Crippen molar-refractivity contribution < 1.29 is 9.59 Å². The van der Waals surface area contributed by atoms with E-state index in [0.29, 0.717) is 17.3 Å². The van der Waals surface area contributed by atoms with E-state index in [1.807, 2.05) is 0 Å². The van der Waals surface area contributed by atoms with Crippen molar-refractivity contribution in [2.24, 2.45) is 0 Å². The maximum atomic E-state index is 12.0.